The molecule has 0 unspecified atom stereocenters. The number of halogens is 1. The van der Waals surface area contributed by atoms with Crippen molar-refractivity contribution in [3.63, 3.8) is 0 Å². The summed E-state index contributed by atoms with van der Waals surface area (Å²) in [5.74, 6) is 0.740. The van der Waals surface area contributed by atoms with Crippen molar-refractivity contribution in [1.82, 2.24) is 4.90 Å². The molecule has 3 nitrogen and oxygen atoms in total. The fourth-order valence-electron chi connectivity index (χ4n) is 2.82. The van der Waals surface area contributed by atoms with Gasteiger partial charge >= 0.3 is 0 Å². The number of benzene rings is 1. The quantitative estimate of drug-likeness (QED) is 0.924. The van der Waals surface area contributed by atoms with E-state index in [0.29, 0.717) is 0 Å². The molecule has 0 saturated carbocycles. The number of anilines is 1. The summed E-state index contributed by atoms with van der Waals surface area (Å²) in [7, 11) is 4.28. The maximum Gasteiger partial charge on any atom is 0.0762 e. The van der Waals surface area contributed by atoms with Crippen molar-refractivity contribution in [3.8, 4) is 0 Å². The highest BCUT2D eigenvalue weighted by molar-refractivity contribution is 6.33. The maximum absolute atomic E-state index is 9.59. The number of hydrogen-bond donors (Lipinski definition) is 1. The fourth-order valence-corrected chi connectivity index (χ4v) is 3.16. The van der Waals surface area contributed by atoms with Crippen molar-refractivity contribution in [2.75, 3.05) is 38.6 Å². The largest absolute Gasteiger partial charge is 0.389 e. The third-order valence-corrected chi connectivity index (χ3v) is 4.54. The topological polar surface area (TPSA) is 26.7 Å². The van der Waals surface area contributed by atoms with Gasteiger partial charge in [0, 0.05) is 13.6 Å². The third kappa shape index (κ3) is 3.87. The molecule has 2 rings (SSSR count). The molecule has 1 aliphatic heterocycles. The molecule has 20 heavy (non-hydrogen) atoms. The molecule has 1 fully saturated rings. The van der Waals surface area contributed by atoms with E-state index in [1.165, 1.54) is 25.9 Å². The lowest BCUT2D eigenvalue weighted by molar-refractivity contribution is 0.199. The zero-order chi connectivity index (χ0) is 14.7. The van der Waals surface area contributed by atoms with E-state index in [4.69, 9.17) is 11.6 Å². The average molecular weight is 297 g/mol. The molecule has 0 spiro atoms. The second kappa shape index (κ2) is 6.79. The Labute approximate surface area is 127 Å². The molecule has 1 aliphatic rings. The summed E-state index contributed by atoms with van der Waals surface area (Å²) in [5.41, 5.74) is 1.92. The van der Waals surface area contributed by atoms with Crippen molar-refractivity contribution >= 4 is 17.3 Å². The summed E-state index contributed by atoms with van der Waals surface area (Å²) in [6, 6.07) is 5.84. The first-order chi connectivity index (χ1) is 9.47. The Kier molecular flexibility index (Phi) is 5.30. The number of nitrogens with zero attached hydrogens (tertiary/aromatic N) is 2. The van der Waals surface area contributed by atoms with E-state index < -0.39 is 6.10 Å². The summed E-state index contributed by atoms with van der Waals surface area (Å²) in [6.45, 7) is 5.18. The van der Waals surface area contributed by atoms with Crippen LogP contribution in [0.1, 0.15) is 31.4 Å². The summed E-state index contributed by atoms with van der Waals surface area (Å²) in [6.07, 6.45) is 2.04. The molecule has 112 valence electrons. The van der Waals surface area contributed by atoms with Crippen LogP contribution in [-0.4, -0.2) is 43.7 Å². The van der Waals surface area contributed by atoms with Crippen molar-refractivity contribution in [2.45, 2.75) is 25.9 Å². The van der Waals surface area contributed by atoms with Gasteiger partial charge in [0.2, 0.25) is 0 Å². The molecular formula is C16H25ClN2O. The Hall–Kier alpha value is -0.770. The van der Waals surface area contributed by atoms with Crippen molar-refractivity contribution < 1.29 is 5.11 Å². The van der Waals surface area contributed by atoms with Crippen molar-refractivity contribution in [2.24, 2.45) is 5.92 Å². The molecule has 1 N–H and O–H groups in total. The van der Waals surface area contributed by atoms with Crippen LogP contribution in [0.25, 0.3) is 0 Å². The fraction of sp³-hybridized carbons (Fsp3) is 0.625. The van der Waals surface area contributed by atoms with Crippen LogP contribution in [0.2, 0.25) is 5.02 Å². The summed E-state index contributed by atoms with van der Waals surface area (Å²) >= 11 is 6.35. The Morgan fingerprint density at radius 1 is 1.40 bits per heavy atom. The van der Waals surface area contributed by atoms with Gasteiger partial charge in [0.15, 0.2) is 0 Å². The molecular weight excluding hydrogens is 272 g/mol. The first-order valence-corrected chi connectivity index (χ1v) is 7.72. The molecule has 1 heterocycles. The first kappa shape index (κ1) is 15.6. The number of likely N-dealkylation sites (tertiary alicyclic amines) is 1. The lowest BCUT2D eigenvalue weighted by atomic mass is 9.96. The van der Waals surface area contributed by atoms with Crippen molar-refractivity contribution in [1.29, 1.82) is 0 Å². The average Bonchev–Trinajstić information content (AvgIpc) is 2.41. The number of hydrogen-bond acceptors (Lipinski definition) is 3. The monoisotopic (exact) mass is 296 g/mol. The van der Waals surface area contributed by atoms with Crippen LogP contribution in [0, 0.1) is 5.92 Å². The Balaban J connectivity index is 2.00. The maximum atomic E-state index is 9.59. The van der Waals surface area contributed by atoms with Gasteiger partial charge in [-0.3, -0.25) is 0 Å². The van der Waals surface area contributed by atoms with E-state index in [1.54, 1.807) is 6.92 Å². The molecule has 0 radical (unpaired) electrons. The SMILES string of the molecule is C[C@@H](O)c1ccc(N(C)CC2CCN(C)CC2)c(Cl)c1. The first-order valence-electron chi connectivity index (χ1n) is 7.34. The Morgan fingerprint density at radius 2 is 2.05 bits per heavy atom. The standard InChI is InChI=1S/C16H25ClN2O/c1-12(20)14-4-5-16(15(17)10-14)19(3)11-13-6-8-18(2)9-7-13/h4-5,10,12-13,20H,6-9,11H2,1-3H3/t12-/m1/s1. The second-order valence-corrected chi connectivity index (χ2v) is 6.42. The van der Waals surface area contributed by atoms with Crippen molar-refractivity contribution in [3.05, 3.63) is 28.8 Å². The Bertz CT molecular complexity index is 442. The van der Waals surface area contributed by atoms with E-state index in [0.717, 1.165) is 28.7 Å². The second-order valence-electron chi connectivity index (χ2n) is 6.01. The van der Waals surface area contributed by atoms with E-state index in [2.05, 4.69) is 23.9 Å². The minimum atomic E-state index is -0.472. The molecule has 0 amide bonds. The van der Waals surface area contributed by atoms with Crippen LogP contribution in [0.4, 0.5) is 5.69 Å². The summed E-state index contributed by atoms with van der Waals surface area (Å²) in [4.78, 5) is 4.63. The number of aliphatic hydroxyl groups is 1. The molecule has 1 aromatic rings. The van der Waals surface area contributed by atoms with Crippen LogP contribution < -0.4 is 4.90 Å². The van der Waals surface area contributed by atoms with Crippen LogP contribution >= 0.6 is 11.6 Å². The highest BCUT2D eigenvalue weighted by Gasteiger charge is 2.19. The molecule has 1 aromatic carbocycles. The Morgan fingerprint density at radius 3 is 2.60 bits per heavy atom. The lowest BCUT2D eigenvalue weighted by Gasteiger charge is -2.32. The van der Waals surface area contributed by atoms with Gasteiger partial charge in [-0.25, -0.2) is 0 Å². The molecule has 0 bridgehead atoms. The normalized spacial score (nSPS) is 19.1. The van der Waals surface area contributed by atoms with Gasteiger partial charge in [0.1, 0.15) is 0 Å². The van der Waals surface area contributed by atoms with Gasteiger partial charge in [-0.15, -0.1) is 0 Å². The highest BCUT2D eigenvalue weighted by atomic mass is 35.5. The zero-order valence-corrected chi connectivity index (χ0v) is 13.4. The smallest absolute Gasteiger partial charge is 0.0762 e. The van der Waals surface area contributed by atoms with Gasteiger partial charge in [0.05, 0.1) is 16.8 Å². The van der Waals surface area contributed by atoms with Crippen LogP contribution in [0.3, 0.4) is 0 Å². The molecule has 1 saturated heterocycles. The lowest BCUT2D eigenvalue weighted by Crippen LogP contribution is -2.35. The van der Waals surface area contributed by atoms with E-state index in [9.17, 15) is 5.11 Å². The van der Waals surface area contributed by atoms with Gasteiger partial charge in [-0.05, 0) is 63.5 Å². The van der Waals surface area contributed by atoms with E-state index in [1.807, 2.05) is 18.2 Å². The molecule has 0 aliphatic carbocycles. The van der Waals surface area contributed by atoms with Crippen LogP contribution in [0.15, 0.2) is 18.2 Å². The van der Waals surface area contributed by atoms with Gasteiger partial charge in [-0.2, -0.15) is 0 Å². The summed E-state index contributed by atoms with van der Waals surface area (Å²) in [5, 5.41) is 10.3. The van der Waals surface area contributed by atoms with Gasteiger partial charge in [0.25, 0.3) is 0 Å². The highest BCUT2D eigenvalue weighted by Crippen LogP contribution is 2.29. The molecule has 4 heteroatoms. The number of rotatable bonds is 4. The van der Waals surface area contributed by atoms with Gasteiger partial charge < -0.3 is 14.9 Å². The molecule has 1 atom stereocenters. The summed E-state index contributed by atoms with van der Waals surface area (Å²) < 4.78 is 0. The third-order valence-electron chi connectivity index (χ3n) is 4.24. The van der Waals surface area contributed by atoms with Crippen LogP contribution in [0.5, 0.6) is 0 Å². The van der Waals surface area contributed by atoms with E-state index >= 15 is 0 Å². The van der Waals surface area contributed by atoms with E-state index in [-0.39, 0.29) is 0 Å². The minimum absolute atomic E-state index is 0.472. The number of piperidine rings is 1. The predicted molar refractivity (Wildman–Crippen MR) is 85.6 cm³/mol. The zero-order valence-electron chi connectivity index (χ0n) is 12.6. The minimum Gasteiger partial charge on any atom is -0.389 e. The predicted octanol–water partition coefficient (Wildman–Crippen LogP) is 3.17. The molecule has 0 aromatic heterocycles. The van der Waals surface area contributed by atoms with Gasteiger partial charge in [-0.1, -0.05) is 17.7 Å². The number of aliphatic hydroxyl groups excluding tert-OH is 1. The van der Waals surface area contributed by atoms with Crippen LogP contribution in [-0.2, 0) is 0 Å².